The van der Waals surface area contributed by atoms with Gasteiger partial charge < -0.3 is 14.1 Å². The van der Waals surface area contributed by atoms with Gasteiger partial charge in [0.15, 0.2) is 0 Å². The second kappa shape index (κ2) is 5.60. The molecule has 2 aliphatic rings. The summed E-state index contributed by atoms with van der Waals surface area (Å²) in [6.07, 6.45) is 8.85. The zero-order chi connectivity index (χ0) is 16.1. The van der Waals surface area contributed by atoms with E-state index in [1.807, 2.05) is 18.3 Å². The first-order valence-corrected chi connectivity index (χ1v) is 9.40. The van der Waals surface area contributed by atoms with E-state index < -0.39 is 0 Å². The van der Waals surface area contributed by atoms with Gasteiger partial charge in [-0.2, -0.15) is 0 Å². The lowest BCUT2D eigenvalue weighted by molar-refractivity contribution is 0.0660. The number of piperidine rings is 1. The SMILES string of the molecule is CN1C2CCC1CC(Oc1ncc(-c3ccc4occc4c3)s1)C2. The summed E-state index contributed by atoms with van der Waals surface area (Å²) >= 11 is 1.64. The Balaban J connectivity index is 1.34. The van der Waals surface area contributed by atoms with Gasteiger partial charge in [-0.25, -0.2) is 4.98 Å². The predicted molar refractivity (Wildman–Crippen MR) is 95.5 cm³/mol. The van der Waals surface area contributed by atoms with Crippen LogP contribution in [0.1, 0.15) is 25.7 Å². The zero-order valence-electron chi connectivity index (χ0n) is 13.6. The van der Waals surface area contributed by atoms with E-state index in [0.717, 1.165) is 33.9 Å². The van der Waals surface area contributed by atoms with E-state index in [1.165, 1.54) is 18.4 Å². The molecule has 5 heteroatoms. The van der Waals surface area contributed by atoms with Crippen molar-refractivity contribution in [1.29, 1.82) is 0 Å². The van der Waals surface area contributed by atoms with Gasteiger partial charge in [0.05, 0.1) is 11.1 Å². The lowest BCUT2D eigenvalue weighted by Crippen LogP contribution is -2.43. The Kier molecular flexibility index (Phi) is 3.38. The van der Waals surface area contributed by atoms with Gasteiger partial charge in [-0.05, 0) is 62.6 Å². The Morgan fingerprint density at radius 1 is 1.21 bits per heavy atom. The van der Waals surface area contributed by atoms with Gasteiger partial charge in [0.2, 0.25) is 0 Å². The molecule has 1 aromatic carbocycles. The topological polar surface area (TPSA) is 38.5 Å². The van der Waals surface area contributed by atoms with Gasteiger partial charge in [-0.15, -0.1) is 0 Å². The minimum atomic E-state index is 0.314. The van der Waals surface area contributed by atoms with Gasteiger partial charge in [-0.1, -0.05) is 11.3 Å². The molecular formula is C19H20N2O2S. The molecule has 0 spiro atoms. The average molecular weight is 340 g/mol. The molecule has 2 fully saturated rings. The van der Waals surface area contributed by atoms with Crippen LogP contribution in [0.15, 0.2) is 41.1 Å². The van der Waals surface area contributed by atoms with Gasteiger partial charge in [-0.3, -0.25) is 0 Å². The molecule has 4 nitrogen and oxygen atoms in total. The van der Waals surface area contributed by atoms with Crippen molar-refractivity contribution in [3.63, 3.8) is 0 Å². The van der Waals surface area contributed by atoms with Crippen molar-refractivity contribution in [2.75, 3.05) is 7.05 Å². The van der Waals surface area contributed by atoms with Crippen LogP contribution in [0.5, 0.6) is 5.19 Å². The molecular weight excluding hydrogens is 320 g/mol. The third-order valence-electron chi connectivity index (χ3n) is 5.54. The number of ether oxygens (including phenoxy) is 1. The van der Waals surface area contributed by atoms with Crippen molar-refractivity contribution < 1.29 is 9.15 Å². The van der Waals surface area contributed by atoms with Gasteiger partial charge in [0, 0.05) is 23.7 Å². The Bertz CT molecular complexity index is 857. The Morgan fingerprint density at radius 2 is 2.04 bits per heavy atom. The first-order valence-electron chi connectivity index (χ1n) is 8.58. The van der Waals surface area contributed by atoms with Crippen molar-refractivity contribution >= 4 is 22.3 Å². The van der Waals surface area contributed by atoms with E-state index in [0.29, 0.717) is 18.2 Å². The van der Waals surface area contributed by atoms with Gasteiger partial charge >= 0.3 is 0 Å². The van der Waals surface area contributed by atoms with Crippen molar-refractivity contribution in [3.8, 4) is 15.6 Å². The van der Waals surface area contributed by atoms with E-state index in [2.05, 4.69) is 29.1 Å². The van der Waals surface area contributed by atoms with Gasteiger partial charge in [0.1, 0.15) is 11.7 Å². The molecule has 0 amide bonds. The highest BCUT2D eigenvalue weighted by Gasteiger charge is 2.39. The summed E-state index contributed by atoms with van der Waals surface area (Å²) in [6, 6.07) is 9.61. The number of aromatic nitrogens is 1. The normalized spacial score (nSPS) is 27.0. The smallest absolute Gasteiger partial charge is 0.273 e. The average Bonchev–Trinajstić information content (AvgIpc) is 3.27. The number of nitrogens with zero attached hydrogens (tertiary/aromatic N) is 2. The molecule has 124 valence electrons. The summed E-state index contributed by atoms with van der Waals surface area (Å²) in [6.45, 7) is 0. The molecule has 2 bridgehead atoms. The van der Waals surface area contributed by atoms with E-state index >= 15 is 0 Å². The molecule has 0 radical (unpaired) electrons. The lowest BCUT2D eigenvalue weighted by atomic mass is 10.0. The molecule has 2 unspecified atom stereocenters. The quantitative estimate of drug-likeness (QED) is 0.700. The number of rotatable bonds is 3. The maximum absolute atomic E-state index is 6.22. The molecule has 2 aliphatic heterocycles. The summed E-state index contributed by atoms with van der Waals surface area (Å²) < 4.78 is 11.6. The number of hydrogen-bond acceptors (Lipinski definition) is 5. The molecule has 24 heavy (non-hydrogen) atoms. The van der Waals surface area contributed by atoms with Crippen LogP contribution in [-0.2, 0) is 0 Å². The largest absolute Gasteiger partial charge is 0.467 e. The highest BCUT2D eigenvalue weighted by atomic mass is 32.1. The molecule has 0 aliphatic carbocycles. The standard InChI is InChI=1S/C19H20N2O2S/c1-21-14-3-4-15(21)10-16(9-14)23-19-20-11-18(24-19)13-2-5-17-12(8-13)6-7-22-17/h2,5-8,11,14-16H,3-4,9-10H2,1H3. The van der Waals surface area contributed by atoms with E-state index in [9.17, 15) is 0 Å². The molecule has 2 atom stereocenters. The fourth-order valence-corrected chi connectivity index (χ4v) is 4.99. The first-order chi connectivity index (χ1) is 11.8. The zero-order valence-corrected chi connectivity index (χ0v) is 14.5. The Labute approximate surface area is 145 Å². The predicted octanol–water partition coefficient (Wildman–Crippen LogP) is 4.56. The maximum Gasteiger partial charge on any atom is 0.273 e. The fourth-order valence-electron chi connectivity index (χ4n) is 4.17. The highest BCUT2D eigenvalue weighted by Crippen LogP contribution is 2.38. The second-order valence-electron chi connectivity index (χ2n) is 6.93. The third-order valence-corrected chi connectivity index (χ3v) is 6.48. The van der Waals surface area contributed by atoms with Crippen molar-refractivity contribution in [2.24, 2.45) is 0 Å². The number of fused-ring (bicyclic) bond motifs is 3. The van der Waals surface area contributed by atoms with Crippen LogP contribution >= 0.6 is 11.3 Å². The van der Waals surface area contributed by atoms with Crippen molar-refractivity contribution in [1.82, 2.24) is 9.88 Å². The lowest BCUT2D eigenvalue weighted by Gasteiger charge is -2.35. The van der Waals surface area contributed by atoms with E-state index in [-0.39, 0.29) is 0 Å². The van der Waals surface area contributed by atoms with E-state index in [1.54, 1.807) is 17.6 Å². The monoisotopic (exact) mass is 340 g/mol. The maximum atomic E-state index is 6.22. The third kappa shape index (κ3) is 2.43. The molecule has 0 N–H and O–H groups in total. The molecule has 3 aromatic rings. The Morgan fingerprint density at radius 3 is 2.88 bits per heavy atom. The molecule has 2 saturated heterocycles. The van der Waals surface area contributed by atoms with Crippen LogP contribution in [0.4, 0.5) is 0 Å². The molecule has 2 aromatic heterocycles. The summed E-state index contributed by atoms with van der Waals surface area (Å²) in [5.41, 5.74) is 2.08. The van der Waals surface area contributed by atoms with Crippen LogP contribution < -0.4 is 4.74 Å². The van der Waals surface area contributed by atoms with Gasteiger partial charge in [0.25, 0.3) is 5.19 Å². The van der Waals surface area contributed by atoms with Crippen molar-refractivity contribution in [2.45, 2.75) is 43.9 Å². The number of hydrogen-bond donors (Lipinski definition) is 0. The molecule has 0 saturated carbocycles. The summed E-state index contributed by atoms with van der Waals surface area (Å²) in [4.78, 5) is 8.18. The number of furan rings is 1. The van der Waals surface area contributed by atoms with Crippen LogP contribution in [-0.4, -0.2) is 35.1 Å². The fraction of sp³-hybridized carbons (Fsp3) is 0.421. The second-order valence-corrected chi connectivity index (χ2v) is 7.92. The summed E-state index contributed by atoms with van der Waals surface area (Å²) in [7, 11) is 2.26. The van der Waals surface area contributed by atoms with Crippen LogP contribution in [0.3, 0.4) is 0 Å². The van der Waals surface area contributed by atoms with Crippen LogP contribution in [0, 0.1) is 0 Å². The summed E-state index contributed by atoms with van der Waals surface area (Å²) in [5.74, 6) is 0. The Hall–Kier alpha value is -1.85. The molecule has 5 rings (SSSR count). The van der Waals surface area contributed by atoms with E-state index in [4.69, 9.17) is 9.15 Å². The van der Waals surface area contributed by atoms with Crippen molar-refractivity contribution in [3.05, 3.63) is 36.7 Å². The first kappa shape index (κ1) is 14.5. The molecule has 4 heterocycles. The minimum absolute atomic E-state index is 0.314. The minimum Gasteiger partial charge on any atom is -0.467 e. The summed E-state index contributed by atoms with van der Waals surface area (Å²) in [5, 5.41) is 1.92. The van der Waals surface area contributed by atoms with Crippen LogP contribution in [0.2, 0.25) is 0 Å². The number of thiazole rings is 1. The van der Waals surface area contributed by atoms with Crippen LogP contribution in [0.25, 0.3) is 21.4 Å². The number of benzene rings is 1. The highest BCUT2D eigenvalue weighted by molar-refractivity contribution is 7.16.